The Hall–Kier alpha value is -2.44. The van der Waals surface area contributed by atoms with Gasteiger partial charge in [0.2, 0.25) is 0 Å². The molecular weight excluding hydrogens is 309 g/mol. The van der Waals surface area contributed by atoms with Crippen molar-refractivity contribution < 1.29 is 13.5 Å². The van der Waals surface area contributed by atoms with Gasteiger partial charge in [-0.15, -0.1) is 0 Å². The predicted octanol–water partition coefficient (Wildman–Crippen LogP) is 3.38. The van der Waals surface area contributed by atoms with Gasteiger partial charge in [-0.3, -0.25) is 10.00 Å². The van der Waals surface area contributed by atoms with Crippen LogP contribution in [0.25, 0.3) is 11.3 Å². The van der Waals surface area contributed by atoms with Crippen molar-refractivity contribution in [2.75, 3.05) is 19.7 Å². The van der Waals surface area contributed by atoms with Crippen LogP contribution in [-0.2, 0) is 11.3 Å². The van der Waals surface area contributed by atoms with Gasteiger partial charge in [0, 0.05) is 30.8 Å². The summed E-state index contributed by atoms with van der Waals surface area (Å²) in [5.41, 5.74) is 2.94. The van der Waals surface area contributed by atoms with Gasteiger partial charge in [-0.1, -0.05) is 0 Å². The molecule has 1 fully saturated rings. The van der Waals surface area contributed by atoms with E-state index in [1.807, 2.05) is 18.3 Å². The fourth-order valence-corrected chi connectivity index (χ4v) is 3.03. The van der Waals surface area contributed by atoms with Crippen LogP contribution in [0.3, 0.4) is 0 Å². The highest BCUT2D eigenvalue weighted by molar-refractivity contribution is 5.62. The molecule has 6 heteroatoms. The molecule has 124 valence electrons. The van der Waals surface area contributed by atoms with E-state index in [0.717, 1.165) is 42.2 Å². The number of aromatic nitrogens is 2. The van der Waals surface area contributed by atoms with Crippen LogP contribution in [0.2, 0.25) is 0 Å². The monoisotopic (exact) mass is 327 g/mol. The Morgan fingerprint density at radius 2 is 2.12 bits per heavy atom. The van der Waals surface area contributed by atoms with Gasteiger partial charge in [-0.2, -0.15) is 5.10 Å². The van der Waals surface area contributed by atoms with Crippen molar-refractivity contribution in [2.45, 2.75) is 12.6 Å². The number of hydrogen-bond acceptors (Lipinski definition) is 4. The number of rotatable bonds is 4. The number of ether oxygens (including phenoxy) is 1. The summed E-state index contributed by atoms with van der Waals surface area (Å²) < 4.78 is 24.4. The van der Waals surface area contributed by atoms with Crippen molar-refractivity contribution in [1.82, 2.24) is 15.1 Å². The number of aromatic amines is 1. The molecule has 24 heavy (non-hydrogen) atoms. The summed E-state index contributed by atoms with van der Waals surface area (Å²) in [6.07, 6.45) is 3.45. The third-order valence-corrected chi connectivity index (χ3v) is 4.26. The summed E-state index contributed by atoms with van der Waals surface area (Å²) in [5.74, 6) is 0.611. The third kappa shape index (κ3) is 3.11. The van der Waals surface area contributed by atoms with Gasteiger partial charge >= 0.3 is 0 Å². The van der Waals surface area contributed by atoms with E-state index in [0.29, 0.717) is 6.61 Å². The van der Waals surface area contributed by atoms with E-state index < -0.39 is 0 Å². The third-order valence-electron chi connectivity index (χ3n) is 4.26. The highest BCUT2D eigenvalue weighted by Crippen LogP contribution is 2.26. The standard InChI is InChI=1S/C18H18FN3O2/c19-15-5-3-13(4-6-15)18-14(10-20-21-18)11-22-7-9-24-17(12-22)16-2-1-8-23-16/h1-6,8,10,17H,7,9,11-12H2,(H,20,21). The van der Waals surface area contributed by atoms with E-state index in [2.05, 4.69) is 15.1 Å². The Bertz CT molecular complexity index is 783. The summed E-state index contributed by atoms with van der Waals surface area (Å²) in [6, 6.07) is 10.3. The molecule has 0 aliphatic carbocycles. The molecular formula is C18H18FN3O2. The lowest BCUT2D eigenvalue weighted by Gasteiger charge is -2.31. The lowest BCUT2D eigenvalue weighted by Crippen LogP contribution is -2.37. The lowest BCUT2D eigenvalue weighted by molar-refractivity contribution is -0.0427. The average molecular weight is 327 g/mol. The summed E-state index contributed by atoms with van der Waals surface area (Å²) in [6.45, 7) is 3.03. The molecule has 1 aliphatic rings. The van der Waals surface area contributed by atoms with Gasteiger partial charge < -0.3 is 9.15 Å². The molecule has 0 amide bonds. The SMILES string of the molecule is Fc1ccc(-c2[nH]ncc2CN2CCOC(c3ccco3)C2)cc1. The maximum absolute atomic E-state index is 13.1. The van der Waals surface area contributed by atoms with Crippen LogP contribution in [0.1, 0.15) is 17.4 Å². The van der Waals surface area contributed by atoms with E-state index >= 15 is 0 Å². The Morgan fingerprint density at radius 3 is 2.92 bits per heavy atom. The highest BCUT2D eigenvalue weighted by atomic mass is 19.1. The van der Waals surface area contributed by atoms with Crippen LogP contribution in [0, 0.1) is 5.82 Å². The average Bonchev–Trinajstić information content (AvgIpc) is 3.28. The molecule has 0 spiro atoms. The first-order valence-electron chi connectivity index (χ1n) is 7.95. The van der Waals surface area contributed by atoms with Crippen LogP contribution < -0.4 is 0 Å². The molecule has 1 N–H and O–H groups in total. The molecule has 3 aromatic rings. The van der Waals surface area contributed by atoms with Gasteiger partial charge in [0.15, 0.2) is 0 Å². The highest BCUT2D eigenvalue weighted by Gasteiger charge is 2.24. The molecule has 1 unspecified atom stereocenters. The van der Waals surface area contributed by atoms with E-state index in [1.165, 1.54) is 12.1 Å². The normalized spacial score (nSPS) is 18.8. The van der Waals surface area contributed by atoms with Crippen LogP contribution in [-0.4, -0.2) is 34.8 Å². The molecule has 1 atom stereocenters. The number of nitrogens with zero attached hydrogens (tertiary/aromatic N) is 2. The van der Waals surface area contributed by atoms with E-state index in [9.17, 15) is 4.39 Å². The maximum atomic E-state index is 13.1. The van der Waals surface area contributed by atoms with Crippen molar-refractivity contribution >= 4 is 0 Å². The number of hydrogen-bond donors (Lipinski definition) is 1. The zero-order chi connectivity index (χ0) is 16.4. The van der Waals surface area contributed by atoms with Crippen LogP contribution in [0.4, 0.5) is 4.39 Å². The molecule has 1 aromatic carbocycles. The maximum Gasteiger partial charge on any atom is 0.133 e. The van der Waals surface area contributed by atoms with Crippen molar-refractivity contribution in [3.63, 3.8) is 0 Å². The smallest absolute Gasteiger partial charge is 0.133 e. The van der Waals surface area contributed by atoms with Gasteiger partial charge in [-0.05, 0) is 36.4 Å². The van der Waals surface area contributed by atoms with Crippen LogP contribution in [0.15, 0.2) is 53.3 Å². The first kappa shape index (κ1) is 15.1. The summed E-state index contributed by atoms with van der Waals surface area (Å²) >= 11 is 0. The molecule has 4 rings (SSSR count). The number of furan rings is 1. The van der Waals surface area contributed by atoms with E-state index in [4.69, 9.17) is 9.15 Å². The summed E-state index contributed by atoms with van der Waals surface area (Å²) in [4.78, 5) is 2.31. The first-order valence-corrected chi connectivity index (χ1v) is 7.95. The topological polar surface area (TPSA) is 54.3 Å². The van der Waals surface area contributed by atoms with Gasteiger partial charge in [0.05, 0.1) is 24.8 Å². The molecule has 1 saturated heterocycles. The van der Waals surface area contributed by atoms with Crippen molar-refractivity contribution in [3.8, 4) is 11.3 Å². The zero-order valence-electron chi connectivity index (χ0n) is 13.1. The number of nitrogens with one attached hydrogen (secondary N) is 1. The largest absolute Gasteiger partial charge is 0.467 e. The van der Waals surface area contributed by atoms with Crippen molar-refractivity contribution in [1.29, 1.82) is 0 Å². The van der Waals surface area contributed by atoms with Crippen LogP contribution in [0.5, 0.6) is 0 Å². The minimum Gasteiger partial charge on any atom is -0.467 e. The lowest BCUT2D eigenvalue weighted by atomic mass is 10.1. The fourth-order valence-electron chi connectivity index (χ4n) is 3.03. The number of benzene rings is 1. The second-order valence-corrected chi connectivity index (χ2v) is 5.89. The second kappa shape index (κ2) is 6.59. The van der Waals surface area contributed by atoms with Gasteiger partial charge in [0.25, 0.3) is 0 Å². The fraction of sp³-hybridized carbons (Fsp3) is 0.278. The van der Waals surface area contributed by atoms with Crippen molar-refractivity contribution in [3.05, 3.63) is 66.0 Å². The molecule has 5 nitrogen and oxygen atoms in total. The number of halogens is 1. The van der Waals surface area contributed by atoms with Gasteiger partial charge in [0.1, 0.15) is 17.7 Å². The minimum atomic E-state index is -0.241. The quantitative estimate of drug-likeness (QED) is 0.798. The zero-order valence-corrected chi connectivity index (χ0v) is 13.1. The molecule has 0 bridgehead atoms. The van der Waals surface area contributed by atoms with Gasteiger partial charge in [-0.25, -0.2) is 4.39 Å². The number of H-pyrrole nitrogens is 1. The molecule has 0 radical (unpaired) electrons. The van der Waals surface area contributed by atoms with E-state index in [-0.39, 0.29) is 11.9 Å². The molecule has 2 aromatic heterocycles. The Labute approximate surface area is 139 Å². The Balaban J connectivity index is 1.49. The number of morpholine rings is 1. The van der Waals surface area contributed by atoms with Crippen LogP contribution >= 0.6 is 0 Å². The molecule has 3 heterocycles. The Morgan fingerprint density at radius 1 is 1.25 bits per heavy atom. The summed E-state index contributed by atoms with van der Waals surface area (Å²) in [5, 5.41) is 7.18. The second-order valence-electron chi connectivity index (χ2n) is 5.89. The minimum absolute atomic E-state index is 0.0464. The van der Waals surface area contributed by atoms with Crippen molar-refractivity contribution in [2.24, 2.45) is 0 Å². The predicted molar refractivity (Wildman–Crippen MR) is 86.7 cm³/mol. The van der Waals surface area contributed by atoms with E-state index in [1.54, 1.807) is 18.4 Å². The summed E-state index contributed by atoms with van der Waals surface area (Å²) in [7, 11) is 0. The molecule has 1 aliphatic heterocycles. The Kier molecular flexibility index (Phi) is 4.15. The molecule has 0 saturated carbocycles. The first-order chi connectivity index (χ1) is 11.8.